The summed E-state index contributed by atoms with van der Waals surface area (Å²) in [6.45, 7) is 0.848. The van der Waals surface area contributed by atoms with Crippen LogP contribution in [0.3, 0.4) is 0 Å². The molecule has 0 aliphatic heterocycles. The second kappa shape index (κ2) is 7.41. The lowest BCUT2D eigenvalue weighted by molar-refractivity contribution is 0.216. The molecule has 0 amide bonds. The number of aromatic nitrogens is 2. The lowest BCUT2D eigenvalue weighted by Crippen LogP contribution is -2.11. The van der Waals surface area contributed by atoms with Gasteiger partial charge < -0.3 is 19.9 Å². The molecule has 2 N–H and O–H groups in total. The predicted octanol–water partition coefficient (Wildman–Crippen LogP) is 2.92. The van der Waals surface area contributed by atoms with Crippen LogP contribution in [0.15, 0.2) is 60.7 Å². The zero-order valence-electron chi connectivity index (χ0n) is 13.4. The molecule has 2 aromatic carbocycles. The molecule has 6 heteroatoms. The topological polar surface area (TPSA) is 71.5 Å². The van der Waals surface area contributed by atoms with E-state index >= 15 is 0 Å². The van der Waals surface area contributed by atoms with E-state index < -0.39 is 0 Å². The van der Waals surface area contributed by atoms with Gasteiger partial charge in [0.15, 0.2) is 0 Å². The number of methoxy groups -OCH3 is 1. The Morgan fingerprint density at radius 1 is 0.958 bits per heavy atom. The van der Waals surface area contributed by atoms with Crippen molar-refractivity contribution < 1.29 is 14.2 Å². The third-order valence-electron chi connectivity index (χ3n) is 3.37. The third kappa shape index (κ3) is 3.60. The molecule has 0 fully saturated rings. The number of hydrogen-bond acceptors (Lipinski definition) is 5. The summed E-state index contributed by atoms with van der Waals surface area (Å²) in [7, 11) is 1.55. The Morgan fingerprint density at radius 2 is 1.67 bits per heavy atom. The van der Waals surface area contributed by atoms with Crippen molar-refractivity contribution in [2.75, 3.05) is 26.1 Å². The van der Waals surface area contributed by atoms with Gasteiger partial charge in [0.2, 0.25) is 5.88 Å². The molecule has 6 nitrogen and oxygen atoms in total. The average molecular weight is 325 g/mol. The molecule has 1 heterocycles. The van der Waals surface area contributed by atoms with Crippen LogP contribution in [-0.2, 0) is 0 Å². The molecule has 0 saturated carbocycles. The lowest BCUT2D eigenvalue weighted by atomic mass is 10.3. The maximum atomic E-state index is 5.99. The number of anilines is 1. The Labute approximate surface area is 140 Å². The number of nitrogens with two attached hydrogens (primary N) is 1. The Balaban J connectivity index is 1.67. The van der Waals surface area contributed by atoms with Gasteiger partial charge in [-0.15, -0.1) is 5.10 Å². The van der Waals surface area contributed by atoms with E-state index in [0.717, 1.165) is 11.4 Å². The van der Waals surface area contributed by atoms with Crippen molar-refractivity contribution in [2.45, 2.75) is 0 Å². The summed E-state index contributed by atoms with van der Waals surface area (Å²) in [5, 5.41) is 4.29. The van der Waals surface area contributed by atoms with Gasteiger partial charge in [0.25, 0.3) is 0 Å². The van der Waals surface area contributed by atoms with Gasteiger partial charge in [-0.3, -0.25) is 0 Å². The van der Waals surface area contributed by atoms with Gasteiger partial charge in [-0.2, -0.15) is 0 Å². The van der Waals surface area contributed by atoms with Crippen LogP contribution in [-0.4, -0.2) is 30.1 Å². The predicted molar refractivity (Wildman–Crippen MR) is 92.0 cm³/mol. The van der Waals surface area contributed by atoms with Crippen molar-refractivity contribution in [3.05, 3.63) is 60.7 Å². The molecule has 3 aromatic rings. The van der Waals surface area contributed by atoms with Crippen LogP contribution in [0.5, 0.6) is 17.4 Å². The minimum atomic E-state index is 0.407. The van der Waals surface area contributed by atoms with Gasteiger partial charge in [0.05, 0.1) is 7.11 Å². The molecule has 124 valence electrons. The molecule has 0 aliphatic rings. The Bertz CT molecular complexity index is 787. The fourth-order valence-electron chi connectivity index (χ4n) is 2.25. The molecule has 0 radical (unpaired) electrons. The average Bonchev–Trinajstić information content (AvgIpc) is 3.01. The second-order valence-electron chi connectivity index (χ2n) is 5.00. The highest BCUT2D eigenvalue weighted by Gasteiger charge is 2.11. The van der Waals surface area contributed by atoms with Crippen LogP contribution in [0, 0.1) is 0 Å². The minimum absolute atomic E-state index is 0.407. The molecule has 0 spiro atoms. The number of para-hydroxylation sites is 3. The zero-order chi connectivity index (χ0) is 16.8. The van der Waals surface area contributed by atoms with Crippen molar-refractivity contribution in [3.63, 3.8) is 0 Å². The van der Waals surface area contributed by atoms with Crippen LogP contribution >= 0.6 is 0 Å². The van der Waals surface area contributed by atoms with Crippen molar-refractivity contribution >= 4 is 5.82 Å². The first kappa shape index (κ1) is 15.7. The van der Waals surface area contributed by atoms with E-state index in [1.165, 1.54) is 0 Å². The highest BCUT2D eigenvalue weighted by Crippen LogP contribution is 2.26. The highest BCUT2D eigenvalue weighted by molar-refractivity contribution is 5.52. The van der Waals surface area contributed by atoms with Crippen LogP contribution in [0.4, 0.5) is 5.82 Å². The van der Waals surface area contributed by atoms with E-state index in [0.29, 0.717) is 30.7 Å². The standard InChI is InChI=1S/C18H19N3O3/c1-22-18-13-17(19)21(20-18)15-9-5-6-10-16(15)24-12-11-23-14-7-3-2-4-8-14/h2-10,13H,11-12,19H2,1H3. The Hall–Kier alpha value is -3.15. The van der Waals surface area contributed by atoms with E-state index in [-0.39, 0.29) is 0 Å². The summed E-state index contributed by atoms with van der Waals surface area (Å²) >= 11 is 0. The molecule has 24 heavy (non-hydrogen) atoms. The second-order valence-corrected chi connectivity index (χ2v) is 5.00. The third-order valence-corrected chi connectivity index (χ3v) is 3.37. The fraction of sp³-hybridized carbons (Fsp3) is 0.167. The Kier molecular flexibility index (Phi) is 4.86. The van der Waals surface area contributed by atoms with Crippen molar-refractivity contribution in [1.29, 1.82) is 0 Å². The first-order valence-electron chi connectivity index (χ1n) is 7.57. The summed E-state index contributed by atoms with van der Waals surface area (Å²) in [6, 6.07) is 18.8. The first-order chi connectivity index (χ1) is 11.8. The van der Waals surface area contributed by atoms with E-state index in [2.05, 4.69) is 5.10 Å². The van der Waals surface area contributed by atoms with Gasteiger partial charge in [0, 0.05) is 6.07 Å². The smallest absolute Gasteiger partial charge is 0.235 e. The first-order valence-corrected chi connectivity index (χ1v) is 7.57. The van der Waals surface area contributed by atoms with Crippen LogP contribution in [0.1, 0.15) is 0 Å². The van der Waals surface area contributed by atoms with E-state index in [9.17, 15) is 0 Å². The highest BCUT2D eigenvalue weighted by atomic mass is 16.5. The van der Waals surface area contributed by atoms with Crippen molar-refractivity contribution in [3.8, 4) is 23.1 Å². The maximum absolute atomic E-state index is 5.99. The SMILES string of the molecule is COc1cc(N)n(-c2ccccc2OCCOc2ccccc2)n1. The van der Waals surface area contributed by atoms with Crippen LogP contribution in [0.25, 0.3) is 5.69 Å². The minimum Gasteiger partial charge on any atom is -0.490 e. The molecule has 0 saturated heterocycles. The molecule has 0 unspecified atom stereocenters. The molecular weight excluding hydrogens is 306 g/mol. The van der Waals surface area contributed by atoms with E-state index in [1.54, 1.807) is 17.9 Å². The number of rotatable bonds is 7. The van der Waals surface area contributed by atoms with Gasteiger partial charge in [-0.1, -0.05) is 30.3 Å². The van der Waals surface area contributed by atoms with Crippen molar-refractivity contribution in [1.82, 2.24) is 9.78 Å². The summed E-state index contributed by atoms with van der Waals surface area (Å²) in [4.78, 5) is 0. The van der Waals surface area contributed by atoms with E-state index in [4.69, 9.17) is 19.9 Å². The number of ether oxygens (including phenoxy) is 3. The monoisotopic (exact) mass is 325 g/mol. The summed E-state index contributed by atoms with van der Waals surface area (Å²) in [5.74, 6) is 2.42. The molecular formula is C18H19N3O3. The van der Waals surface area contributed by atoms with Crippen LogP contribution < -0.4 is 19.9 Å². The quantitative estimate of drug-likeness (QED) is 0.676. The maximum Gasteiger partial charge on any atom is 0.235 e. The fourth-order valence-corrected chi connectivity index (χ4v) is 2.25. The molecule has 0 aliphatic carbocycles. The summed E-state index contributed by atoms with van der Waals surface area (Å²) in [6.07, 6.45) is 0. The molecule has 0 atom stereocenters. The van der Waals surface area contributed by atoms with Gasteiger partial charge >= 0.3 is 0 Å². The van der Waals surface area contributed by atoms with Crippen LogP contribution in [0.2, 0.25) is 0 Å². The number of nitrogens with zero attached hydrogens (tertiary/aromatic N) is 2. The van der Waals surface area contributed by atoms with Gasteiger partial charge in [0.1, 0.15) is 36.2 Å². The largest absolute Gasteiger partial charge is 0.490 e. The number of benzene rings is 2. The van der Waals surface area contributed by atoms with E-state index in [1.807, 2.05) is 54.6 Å². The van der Waals surface area contributed by atoms with Gasteiger partial charge in [-0.05, 0) is 24.3 Å². The summed E-state index contributed by atoms with van der Waals surface area (Å²) < 4.78 is 18.2. The Morgan fingerprint density at radius 3 is 2.42 bits per heavy atom. The molecule has 1 aromatic heterocycles. The van der Waals surface area contributed by atoms with Gasteiger partial charge in [-0.25, -0.2) is 4.68 Å². The number of hydrogen-bond donors (Lipinski definition) is 1. The summed E-state index contributed by atoms with van der Waals surface area (Å²) in [5.41, 5.74) is 6.74. The number of nitrogen functional groups attached to an aromatic ring is 1. The molecule has 0 bridgehead atoms. The normalized spacial score (nSPS) is 10.4. The van der Waals surface area contributed by atoms with Crippen molar-refractivity contribution in [2.24, 2.45) is 0 Å². The zero-order valence-corrected chi connectivity index (χ0v) is 13.4. The molecule has 3 rings (SSSR count). The lowest BCUT2D eigenvalue weighted by Gasteiger charge is -2.12.